The topological polar surface area (TPSA) is 75.7 Å². The highest BCUT2D eigenvalue weighted by Gasteiger charge is 2.24. The molecule has 0 bridgehead atoms. The van der Waals surface area contributed by atoms with Crippen LogP contribution in [-0.4, -0.2) is 39.4 Å². The molecule has 0 unspecified atom stereocenters. The lowest BCUT2D eigenvalue weighted by molar-refractivity contribution is 0.0758. The monoisotopic (exact) mass is 416 g/mol. The Morgan fingerprint density at radius 3 is 2.28 bits per heavy atom. The summed E-state index contributed by atoms with van der Waals surface area (Å²) < 4.78 is 33.7. The molecule has 1 saturated heterocycles. The van der Waals surface area contributed by atoms with Crippen molar-refractivity contribution in [3.8, 4) is 5.75 Å². The molecular formula is C22H28N2O4S. The predicted octanol–water partition coefficient (Wildman–Crippen LogP) is 4.07. The average Bonchev–Trinajstić information content (AvgIpc) is 3.02. The second kappa shape index (κ2) is 9.31. The summed E-state index contributed by atoms with van der Waals surface area (Å²) in [4.78, 5) is 14.9. The molecular weight excluding hydrogens is 388 g/mol. The molecule has 2 aromatic carbocycles. The fraction of sp³-hybridized carbons (Fsp3) is 0.409. The molecule has 0 saturated carbocycles. The smallest absolute Gasteiger partial charge is 0.261 e. The van der Waals surface area contributed by atoms with E-state index in [-0.39, 0.29) is 16.4 Å². The highest BCUT2D eigenvalue weighted by Crippen LogP contribution is 2.26. The zero-order valence-corrected chi connectivity index (χ0v) is 17.8. The van der Waals surface area contributed by atoms with Crippen LogP contribution in [0.15, 0.2) is 47.4 Å². The summed E-state index contributed by atoms with van der Waals surface area (Å²) in [5, 5.41) is 0. The van der Waals surface area contributed by atoms with E-state index in [0.717, 1.165) is 37.7 Å². The van der Waals surface area contributed by atoms with Gasteiger partial charge in [-0.25, -0.2) is 8.42 Å². The van der Waals surface area contributed by atoms with E-state index in [1.54, 1.807) is 23.1 Å². The number of amides is 1. The van der Waals surface area contributed by atoms with Gasteiger partial charge in [0.25, 0.3) is 15.9 Å². The molecule has 1 N–H and O–H groups in total. The number of carbonyl (C=O) groups is 1. The fourth-order valence-electron chi connectivity index (χ4n) is 3.49. The normalized spacial score (nSPS) is 14.9. The molecule has 29 heavy (non-hydrogen) atoms. The van der Waals surface area contributed by atoms with Crippen LogP contribution in [0.2, 0.25) is 0 Å². The van der Waals surface area contributed by atoms with E-state index in [4.69, 9.17) is 4.74 Å². The van der Waals surface area contributed by atoms with E-state index < -0.39 is 10.0 Å². The van der Waals surface area contributed by atoms with Crippen molar-refractivity contribution >= 4 is 21.6 Å². The van der Waals surface area contributed by atoms with Crippen LogP contribution < -0.4 is 9.46 Å². The second-order valence-corrected chi connectivity index (χ2v) is 8.91. The molecule has 7 heteroatoms. The molecule has 3 rings (SSSR count). The number of nitrogens with one attached hydrogen (secondary N) is 1. The lowest BCUT2D eigenvalue weighted by Gasteiger charge is -2.22. The van der Waals surface area contributed by atoms with Crippen LogP contribution in [0, 0.1) is 0 Å². The highest BCUT2D eigenvalue weighted by atomic mass is 32.2. The van der Waals surface area contributed by atoms with Crippen molar-refractivity contribution in [3.63, 3.8) is 0 Å². The van der Waals surface area contributed by atoms with Crippen molar-refractivity contribution < 1.29 is 17.9 Å². The van der Waals surface area contributed by atoms with Crippen LogP contribution in [0.3, 0.4) is 0 Å². The molecule has 0 aromatic heterocycles. The zero-order valence-electron chi connectivity index (χ0n) is 17.0. The SMILES string of the molecule is CCc1ccc(NS(=O)(=O)c2ccc(OC)c(C(=O)N3CCCCCC3)c2)cc1. The quantitative estimate of drug-likeness (QED) is 0.770. The van der Waals surface area contributed by atoms with E-state index in [1.165, 1.54) is 19.2 Å². The first kappa shape index (κ1) is 21.2. The third kappa shape index (κ3) is 5.09. The number of methoxy groups -OCH3 is 1. The summed E-state index contributed by atoms with van der Waals surface area (Å²) in [7, 11) is -2.35. The van der Waals surface area contributed by atoms with Gasteiger partial charge in [0.1, 0.15) is 5.75 Å². The molecule has 1 aliphatic rings. The Kier molecular flexibility index (Phi) is 6.79. The largest absolute Gasteiger partial charge is 0.496 e. The molecule has 1 heterocycles. The minimum absolute atomic E-state index is 0.0380. The van der Waals surface area contributed by atoms with Gasteiger partial charge in [0.15, 0.2) is 0 Å². The van der Waals surface area contributed by atoms with Gasteiger partial charge < -0.3 is 9.64 Å². The maximum Gasteiger partial charge on any atom is 0.261 e. The van der Waals surface area contributed by atoms with Gasteiger partial charge in [-0.05, 0) is 55.2 Å². The van der Waals surface area contributed by atoms with Gasteiger partial charge in [0.05, 0.1) is 17.6 Å². The van der Waals surface area contributed by atoms with Crippen molar-refractivity contribution in [3.05, 3.63) is 53.6 Å². The number of likely N-dealkylation sites (tertiary alicyclic amines) is 1. The molecule has 0 radical (unpaired) electrons. The second-order valence-electron chi connectivity index (χ2n) is 7.22. The Labute approximate surface area is 172 Å². The number of anilines is 1. The summed E-state index contributed by atoms with van der Waals surface area (Å²) in [6, 6.07) is 11.7. The van der Waals surface area contributed by atoms with E-state index in [2.05, 4.69) is 4.72 Å². The Hall–Kier alpha value is -2.54. The first-order valence-corrected chi connectivity index (χ1v) is 11.5. The minimum atomic E-state index is -3.83. The number of nitrogens with zero attached hydrogens (tertiary/aromatic N) is 1. The minimum Gasteiger partial charge on any atom is -0.496 e. The van der Waals surface area contributed by atoms with Crippen molar-refractivity contribution in [2.75, 3.05) is 24.9 Å². The number of ether oxygens (including phenoxy) is 1. The van der Waals surface area contributed by atoms with Gasteiger partial charge in [0, 0.05) is 18.8 Å². The Morgan fingerprint density at radius 1 is 1.03 bits per heavy atom. The van der Waals surface area contributed by atoms with Crippen LogP contribution in [0.25, 0.3) is 0 Å². The maximum absolute atomic E-state index is 13.1. The number of sulfonamides is 1. The van der Waals surface area contributed by atoms with Gasteiger partial charge >= 0.3 is 0 Å². The van der Waals surface area contributed by atoms with Crippen molar-refractivity contribution in [1.82, 2.24) is 4.90 Å². The predicted molar refractivity (Wildman–Crippen MR) is 114 cm³/mol. The van der Waals surface area contributed by atoms with Crippen LogP contribution in [-0.2, 0) is 16.4 Å². The van der Waals surface area contributed by atoms with Gasteiger partial charge in [-0.2, -0.15) is 0 Å². The van der Waals surface area contributed by atoms with Crippen LogP contribution in [0.1, 0.15) is 48.5 Å². The highest BCUT2D eigenvalue weighted by molar-refractivity contribution is 7.92. The Balaban J connectivity index is 1.88. The first-order valence-electron chi connectivity index (χ1n) is 10.0. The summed E-state index contributed by atoms with van der Waals surface area (Å²) in [5.74, 6) is 0.193. The van der Waals surface area contributed by atoms with E-state index in [0.29, 0.717) is 24.5 Å². The summed E-state index contributed by atoms with van der Waals surface area (Å²) in [6.07, 6.45) is 5.02. The van der Waals surface area contributed by atoms with Crippen LogP contribution >= 0.6 is 0 Å². The third-order valence-corrected chi connectivity index (χ3v) is 6.60. The van der Waals surface area contributed by atoms with E-state index >= 15 is 0 Å². The molecule has 0 spiro atoms. The number of benzene rings is 2. The lowest BCUT2D eigenvalue weighted by atomic mass is 10.1. The molecule has 1 aliphatic heterocycles. The van der Waals surface area contributed by atoms with E-state index in [9.17, 15) is 13.2 Å². The number of aryl methyl sites for hydroxylation is 1. The summed E-state index contributed by atoms with van der Waals surface area (Å²) in [5.41, 5.74) is 1.89. The van der Waals surface area contributed by atoms with Crippen molar-refractivity contribution in [2.24, 2.45) is 0 Å². The first-order chi connectivity index (χ1) is 13.9. The van der Waals surface area contributed by atoms with Crippen LogP contribution in [0.4, 0.5) is 5.69 Å². The van der Waals surface area contributed by atoms with Crippen molar-refractivity contribution in [2.45, 2.75) is 43.9 Å². The Morgan fingerprint density at radius 2 is 1.69 bits per heavy atom. The molecule has 6 nitrogen and oxygen atoms in total. The van der Waals surface area contributed by atoms with Gasteiger partial charge in [-0.1, -0.05) is 31.9 Å². The summed E-state index contributed by atoms with van der Waals surface area (Å²) >= 11 is 0. The zero-order chi connectivity index (χ0) is 20.9. The molecule has 156 valence electrons. The van der Waals surface area contributed by atoms with Crippen LogP contribution in [0.5, 0.6) is 5.75 Å². The molecule has 2 aromatic rings. The average molecular weight is 417 g/mol. The van der Waals surface area contributed by atoms with E-state index in [1.807, 2.05) is 19.1 Å². The molecule has 0 atom stereocenters. The number of hydrogen-bond acceptors (Lipinski definition) is 4. The van der Waals surface area contributed by atoms with Gasteiger partial charge in [0.2, 0.25) is 0 Å². The number of carbonyl (C=O) groups excluding carboxylic acids is 1. The van der Waals surface area contributed by atoms with Gasteiger partial charge in [-0.15, -0.1) is 0 Å². The van der Waals surface area contributed by atoms with Crippen molar-refractivity contribution in [1.29, 1.82) is 0 Å². The molecule has 0 aliphatic carbocycles. The number of hydrogen-bond donors (Lipinski definition) is 1. The molecule has 1 fully saturated rings. The molecule has 1 amide bonds. The fourth-order valence-corrected chi connectivity index (χ4v) is 4.57. The third-order valence-electron chi connectivity index (χ3n) is 5.22. The lowest BCUT2D eigenvalue weighted by Crippen LogP contribution is -2.32. The van der Waals surface area contributed by atoms with Gasteiger partial charge in [-0.3, -0.25) is 9.52 Å². The Bertz CT molecular complexity index is 947. The standard InChI is InChI=1S/C22H28N2O4S/c1-3-17-8-10-18(11-9-17)23-29(26,27)19-12-13-21(28-2)20(16-19)22(25)24-14-6-4-5-7-15-24/h8-13,16,23H,3-7,14-15H2,1-2H3. The summed E-state index contributed by atoms with van der Waals surface area (Å²) in [6.45, 7) is 3.40. The number of rotatable bonds is 6. The maximum atomic E-state index is 13.1.